The van der Waals surface area contributed by atoms with Crippen molar-refractivity contribution in [2.75, 3.05) is 18.4 Å². The number of nitrogens with zero attached hydrogens (tertiary/aromatic N) is 3. The topological polar surface area (TPSA) is 67.2 Å². The number of nitrogens with one attached hydrogen (secondary N) is 1. The van der Waals surface area contributed by atoms with Gasteiger partial charge in [0.25, 0.3) is 0 Å². The zero-order valence-corrected chi connectivity index (χ0v) is 16.1. The monoisotopic (exact) mass is 362 g/mol. The van der Waals surface area contributed by atoms with Crippen LogP contribution in [0.15, 0.2) is 29.2 Å². The van der Waals surface area contributed by atoms with Crippen LogP contribution in [0.25, 0.3) is 0 Å². The van der Waals surface area contributed by atoms with E-state index in [-0.39, 0.29) is 0 Å². The zero-order chi connectivity index (χ0) is 18.2. The molecule has 0 radical (unpaired) electrons. The lowest BCUT2D eigenvalue weighted by Crippen LogP contribution is -2.42. The maximum absolute atomic E-state index is 13.0. The molecule has 3 rings (SSSR count). The van der Waals surface area contributed by atoms with Crippen LogP contribution in [-0.4, -0.2) is 41.6 Å². The number of aryl methyl sites for hydroxylation is 3. The maximum atomic E-state index is 13.0. The lowest BCUT2D eigenvalue weighted by atomic mass is 10.1. The van der Waals surface area contributed by atoms with Crippen LogP contribution in [0.4, 0.5) is 5.69 Å². The van der Waals surface area contributed by atoms with Gasteiger partial charge in [-0.2, -0.15) is 9.40 Å². The van der Waals surface area contributed by atoms with Gasteiger partial charge in [-0.1, -0.05) is 18.2 Å². The molecule has 1 fully saturated rings. The van der Waals surface area contributed by atoms with Crippen molar-refractivity contribution >= 4 is 15.7 Å². The third-order valence-corrected chi connectivity index (χ3v) is 7.15. The minimum Gasteiger partial charge on any atom is -0.382 e. The largest absolute Gasteiger partial charge is 0.382 e. The Hall–Kier alpha value is -1.86. The number of piperidine rings is 1. The van der Waals surface area contributed by atoms with E-state index in [0.717, 1.165) is 18.5 Å². The molecule has 1 aliphatic heterocycles. The lowest BCUT2D eigenvalue weighted by Gasteiger charge is -2.32. The van der Waals surface area contributed by atoms with E-state index in [2.05, 4.69) is 29.5 Å². The van der Waals surface area contributed by atoms with Crippen LogP contribution >= 0.6 is 0 Å². The third kappa shape index (κ3) is 3.43. The number of aromatic nitrogens is 2. The summed E-state index contributed by atoms with van der Waals surface area (Å²) in [5, 5.41) is 7.80. The second-order valence-electron chi connectivity index (χ2n) is 6.76. The summed E-state index contributed by atoms with van der Waals surface area (Å²) >= 11 is 0. The summed E-state index contributed by atoms with van der Waals surface area (Å²) in [5.41, 5.74) is 3.60. The number of hydrogen-bond acceptors (Lipinski definition) is 4. The van der Waals surface area contributed by atoms with Crippen LogP contribution in [0.2, 0.25) is 0 Å². The van der Waals surface area contributed by atoms with Gasteiger partial charge in [0.1, 0.15) is 4.90 Å². The van der Waals surface area contributed by atoms with Gasteiger partial charge in [-0.05, 0) is 45.2 Å². The van der Waals surface area contributed by atoms with Crippen LogP contribution in [0.3, 0.4) is 0 Å². The number of anilines is 1. The van der Waals surface area contributed by atoms with Crippen molar-refractivity contribution in [3.8, 4) is 0 Å². The summed E-state index contributed by atoms with van der Waals surface area (Å²) in [6, 6.07) is 8.48. The van der Waals surface area contributed by atoms with E-state index in [1.54, 1.807) is 29.9 Å². The van der Waals surface area contributed by atoms with Crippen molar-refractivity contribution in [3.05, 3.63) is 41.2 Å². The predicted molar refractivity (Wildman–Crippen MR) is 99.3 cm³/mol. The van der Waals surface area contributed by atoms with E-state index in [4.69, 9.17) is 0 Å². The van der Waals surface area contributed by atoms with Crippen molar-refractivity contribution < 1.29 is 8.42 Å². The van der Waals surface area contributed by atoms with Crippen molar-refractivity contribution in [1.82, 2.24) is 14.1 Å². The summed E-state index contributed by atoms with van der Waals surface area (Å²) < 4.78 is 29.3. The Bertz CT molecular complexity index is 865. The summed E-state index contributed by atoms with van der Waals surface area (Å²) in [6.45, 7) is 6.70. The van der Waals surface area contributed by atoms with Gasteiger partial charge in [0.05, 0.1) is 11.4 Å². The molecule has 136 valence electrons. The normalized spacial score (nSPS) is 17.0. The minimum absolute atomic E-state index is 0.295. The van der Waals surface area contributed by atoms with E-state index in [1.165, 1.54) is 5.56 Å². The minimum atomic E-state index is -3.48. The van der Waals surface area contributed by atoms with E-state index in [0.29, 0.717) is 35.4 Å². The number of rotatable bonds is 4. The van der Waals surface area contributed by atoms with Crippen LogP contribution in [-0.2, 0) is 17.1 Å². The molecule has 0 spiro atoms. The molecule has 2 heterocycles. The molecule has 0 amide bonds. The number of hydrogen-bond donors (Lipinski definition) is 1. The smallest absolute Gasteiger partial charge is 0.246 e. The molecule has 1 aromatic carbocycles. The molecular weight excluding hydrogens is 336 g/mol. The average Bonchev–Trinajstić information content (AvgIpc) is 2.83. The van der Waals surface area contributed by atoms with E-state index in [1.807, 2.05) is 12.1 Å². The summed E-state index contributed by atoms with van der Waals surface area (Å²) in [7, 11) is -1.71. The van der Waals surface area contributed by atoms with Gasteiger partial charge in [0.15, 0.2) is 0 Å². The quantitative estimate of drug-likeness (QED) is 0.908. The maximum Gasteiger partial charge on any atom is 0.246 e. The van der Waals surface area contributed by atoms with Crippen molar-refractivity contribution in [3.63, 3.8) is 0 Å². The molecule has 0 atom stereocenters. The first-order valence-corrected chi connectivity index (χ1v) is 10.1. The molecule has 1 saturated heterocycles. The third-order valence-electron chi connectivity index (χ3n) is 5.00. The summed E-state index contributed by atoms with van der Waals surface area (Å²) in [5.74, 6) is 0. The number of para-hydroxylation sites is 1. The lowest BCUT2D eigenvalue weighted by molar-refractivity contribution is 0.329. The van der Waals surface area contributed by atoms with Gasteiger partial charge in [0.2, 0.25) is 10.0 Å². The number of benzene rings is 1. The SMILES string of the molecule is Cc1ccccc1NC1CCN(S(=O)(=O)c2c(C)nn(C)c2C)CC1. The molecule has 1 aromatic heterocycles. The molecule has 1 N–H and O–H groups in total. The van der Waals surface area contributed by atoms with Gasteiger partial charge >= 0.3 is 0 Å². The molecule has 0 unspecified atom stereocenters. The Morgan fingerprint density at radius 3 is 2.32 bits per heavy atom. The Morgan fingerprint density at radius 1 is 1.12 bits per heavy atom. The Morgan fingerprint density at radius 2 is 1.76 bits per heavy atom. The molecule has 0 saturated carbocycles. The highest BCUT2D eigenvalue weighted by atomic mass is 32.2. The first-order valence-electron chi connectivity index (χ1n) is 8.63. The highest BCUT2D eigenvalue weighted by molar-refractivity contribution is 7.89. The Labute approximate surface area is 149 Å². The predicted octanol–water partition coefficient (Wildman–Crippen LogP) is 2.61. The highest BCUT2D eigenvalue weighted by Crippen LogP contribution is 2.27. The fraction of sp³-hybridized carbons (Fsp3) is 0.500. The summed E-state index contributed by atoms with van der Waals surface area (Å²) in [4.78, 5) is 0.361. The first-order chi connectivity index (χ1) is 11.8. The van der Waals surface area contributed by atoms with E-state index in [9.17, 15) is 8.42 Å². The molecule has 0 aliphatic carbocycles. The van der Waals surface area contributed by atoms with E-state index >= 15 is 0 Å². The van der Waals surface area contributed by atoms with Gasteiger partial charge in [0, 0.05) is 31.9 Å². The number of sulfonamides is 1. The second-order valence-corrected chi connectivity index (χ2v) is 8.64. The van der Waals surface area contributed by atoms with Gasteiger partial charge < -0.3 is 5.32 Å². The van der Waals surface area contributed by atoms with Crippen molar-refractivity contribution in [1.29, 1.82) is 0 Å². The van der Waals surface area contributed by atoms with Gasteiger partial charge in [-0.25, -0.2) is 8.42 Å². The molecule has 2 aromatic rings. The van der Waals surface area contributed by atoms with Crippen LogP contribution in [0.5, 0.6) is 0 Å². The average molecular weight is 362 g/mol. The first kappa shape index (κ1) is 17.9. The molecule has 1 aliphatic rings. The summed E-state index contributed by atoms with van der Waals surface area (Å²) in [6.07, 6.45) is 1.60. The van der Waals surface area contributed by atoms with Gasteiger partial charge in [-0.3, -0.25) is 4.68 Å². The molecule has 6 nitrogen and oxygen atoms in total. The second kappa shape index (κ2) is 6.80. The molecular formula is C18H26N4O2S. The van der Waals surface area contributed by atoms with Crippen molar-refractivity contribution in [2.45, 2.75) is 44.6 Å². The van der Waals surface area contributed by atoms with Gasteiger partial charge in [-0.15, -0.1) is 0 Å². The Kier molecular flexibility index (Phi) is 4.88. The zero-order valence-electron chi connectivity index (χ0n) is 15.3. The van der Waals surface area contributed by atoms with Crippen LogP contribution < -0.4 is 5.32 Å². The Balaban J connectivity index is 1.70. The van der Waals surface area contributed by atoms with Crippen molar-refractivity contribution in [2.24, 2.45) is 7.05 Å². The molecule has 25 heavy (non-hydrogen) atoms. The van der Waals surface area contributed by atoms with E-state index < -0.39 is 10.0 Å². The molecule has 7 heteroatoms. The standard InChI is InChI=1S/C18H26N4O2S/c1-13-7-5-6-8-17(13)19-16-9-11-22(12-10-16)25(23,24)18-14(2)20-21(4)15(18)3/h5-8,16,19H,9-12H2,1-4H3. The highest BCUT2D eigenvalue weighted by Gasteiger charge is 2.33. The van der Waals surface area contributed by atoms with Crippen LogP contribution in [0, 0.1) is 20.8 Å². The van der Waals surface area contributed by atoms with Crippen LogP contribution in [0.1, 0.15) is 29.8 Å². The fourth-order valence-electron chi connectivity index (χ4n) is 3.45. The fourth-order valence-corrected chi connectivity index (χ4v) is 5.32. The molecule has 0 bridgehead atoms.